The van der Waals surface area contributed by atoms with E-state index >= 15 is 0 Å². The van der Waals surface area contributed by atoms with E-state index in [-0.39, 0.29) is 12.6 Å². The molecule has 2 aromatic carbocycles. The molecule has 2 rings (SSSR count). The summed E-state index contributed by atoms with van der Waals surface area (Å²) >= 11 is 0. The number of rotatable bonds is 6. The molecular weight excluding hydrogens is 272 g/mol. The van der Waals surface area contributed by atoms with Gasteiger partial charge >= 0.3 is 0 Å². The molecule has 21 heavy (non-hydrogen) atoms. The lowest BCUT2D eigenvalue weighted by atomic mass is 10.1. The van der Waals surface area contributed by atoms with Gasteiger partial charge in [-0.2, -0.15) is 0 Å². The molecule has 0 amide bonds. The first-order chi connectivity index (χ1) is 10.1. The van der Waals surface area contributed by atoms with Crippen molar-refractivity contribution in [3.63, 3.8) is 0 Å². The molecule has 0 spiro atoms. The Morgan fingerprint density at radius 3 is 2.48 bits per heavy atom. The highest BCUT2D eigenvalue weighted by Crippen LogP contribution is 2.20. The summed E-state index contributed by atoms with van der Waals surface area (Å²) < 4.78 is 31.8. The summed E-state index contributed by atoms with van der Waals surface area (Å²) in [4.78, 5) is 0. The van der Waals surface area contributed by atoms with E-state index in [1.165, 1.54) is 12.1 Å². The molecule has 0 heterocycles. The first kappa shape index (κ1) is 15.4. The molecule has 0 bridgehead atoms. The predicted octanol–water partition coefficient (Wildman–Crippen LogP) is 4.21. The Bertz CT molecular complexity index is 581. The van der Waals surface area contributed by atoms with E-state index in [0.717, 1.165) is 18.2 Å². The van der Waals surface area contributed by atoms with E-state index in [9.17, 15) is 8.78 Å². The topological polar surface area (TPSA) is 21.3 Å². The maximum absolute atomic E-state index is 13.1. The van der Waals surface area contributed by atoms with Crippen molar-refractivity contribution in [3.05, 3.63) is 65.2 Å². The van der Waals surface area contributed by atoms with E-state index in [2.05, 4.69) is 19.2 Å². The molecule has 0 fully saturated rings. The van der Waals surface area contributed by atoms with E-state index < -0.39 is 11.6 Å². The SMILES string of the molecule is CCNC(C)c1cccc(OCc2cc(F)cc(F)c2)c1. The zero-order valence-electron chi connectivity index (χ0n) is 12.2. The van der Waals surface area contributed by atoms with Crippen molar-refractivity contribution in [3.8, 4) is 5.75 Å². The molecule has 0 aliphatic carbocycles. The summed E-state index contributed by atoms with van der Waals surface area (Å²) in [6, 6.07) is 11.3. The minimum absolute atomic E-state index is 0.133. The van der Waals surface area contributed by atoms with Crippen molar-refractivity contribution < 1.29 is 13.5 Å². The van der Waals surface area contributed by atoms with Crippen LogP contribution in [0.2, 0.25) is 0 Å². The van der Waals surface area contributed by atoms with Crippen LogP contribution in [0.5, 0.6) is 5.75 Å². The lowest BCUT2D eigenvalue weighted by molar-refractivity contribution is 0.304. The van der Waals surface area contributed by atoms with Gasteiger partial charge in [0.15, 0.2) is 0 Å². The third kappa shape index (κ3) is 4.53. The Labute approximate surface area is 123 Å². The summed E-state index contributed by atoms with van der Waals surface area (Å²) in [5, 5.41) is 3.32. The number of benzene rings is 2. The fraction of sp³-hybridized carbons (Fsp3) is 0.294. The molecule has 0 saturated heterocycles. The van der Waals surface area contributed by atoms with Crippen molar-refractivity contribution in [2.75, 3.05) is 6.54 Å². The van der Waals surface area contributed by atoms with Crippen molar-refractivity contribution in [1.29, 1.82) is 0 Å². The Balaban J connectivity index is 2.04. The highest BCUT2D eigenvalue weighted by atomic mass is 19.1. The van der Waals surface area contributed by atoms with Crippen LogP contribution in [0.4, 0.5) is 8.78 Å². The van der Waals surface area contributed by atoms with Gasteiger partial charge in [0.05, 0.1) is 0 Å². The summed E-state index contributed by atoms with van der Waals surface area (Å²) in [5.74, 6) is -0.506. The predicted molar refractivity (Wildman–Crippen MR) is 79.2 cm³/mol. The Morgan fingerprint density at radius 2 is 1.81 bits per heavy atom. The Morgan fingerprint density at radius 1 is 1.10 bits per heavy atom. The van der Waals surface area contributed by atoms with Gasteiger partial charge in [0, 0.05) is 12.1 Å². The van der Waals surface area contributed by atoms with Crippen molar-refractivity contribution in [1.82, 2.24) is 5.32 Å². The fourth-order valence-corrected chi connectivity index (χ4v) is 2.16. The minimum atomic E-state index is -0.594. The van der Waals surface area contributed by atoms with Crippen LogP contribution in [0.3, 0.4) is 0 Å². The Hall–Kier alpha value is -1.94. The van der Waals surface area contributed by atoms with Crippen LogP contribution in [-0.4, -0.2) is 6.54 Å². The van der Waals surface area contributed by atoms with E-state index in [0.29, 0.717) is 11.3 Å². The lowest BCUT2D eigenvalue weighted by Crippen LogP contribution is -2.17. The standard InChI is InChI=1S/C17H19F2NO/c1-3-20-12(2)14-5-4-6-17(9-14)21-11-13-7-15(18)10-16(19)8-13/h4-10,12,20H,3,11H2,1-2H3. The van der Waals surface area contributed by atoms with Gasteiger partial charge in [0.1, 0.15) is 24.0 Å². The second-order valence-corrected chi connectivity index (χ2v) is 4.92. The first-order valence-electron chi connectivity index (χ1n) is 6.99. The van der Waals surface area contributed by atoms with Gasteiger partial charge in [-0.05, 0) is 48.9 Å². The van der Waals surface area contributed by atoms with Crippen LogP contribution in [-0.2, 0) is 6.61 Å². The molecule has 2 aromatic rings. The molecule has 0 aliphatic heterocycles. The molecule has 4 heteroatoms. The summed E-state index contributed by atoms with van der Waals surface area (Å²) in [7, 11) is 0. The number of hydrogen-bond donors (Lipinski definition) is 1. The maximum Gasteiger partial charge on any atom is 0.126 e. The second kappa shape index (κ2) is 7.18. The van der Waals surface area contributed by atoms with Crippen molar-refractivity contribution in [2.45, 2.75) is 26.5 Å². The monoisotopic (exact) mass is 291 g/mol. The second-order valence-electron chi connectivity index (χ2n) is 4.92. The van der Waals surface area contributed by atoms with Crippen LogP contribution in [0.15, 0.2) is 42.5 Å². The molecule has 1 N–H and O–H groups in total. The number of ether oxygens (including phenoxy) is 1. The first-order valence-corrected chi connectivity index (χ1v) is 6.99. The normalized spacial score (nSPS) is 12.2. The largest absolute Gasteiger partial charge is 0.489 e. The summed E-state index contributed by atoms with van der Waals surface area (Å²) in [5.41, 5.74) is 1.58. The third-order valence-electron chi connectivity index (χ3n) is 3.20. The number of hydrogen-bond acceptors (Lipinski definition) is 2. The van der Waals surface area contributed by atoms with Crippen molar-refractivity contribution in [2.24, 2.45) is 0 Å². The van der Waals surface area contributed by atoms with E-state index in [1.54, 1.807) is 0 Å². The van der Waals surface area contributed by atoms with Crippen LogP contribution >= 0.6 is 0 Å². The zero-order valence-corrected chi connectivity index (χ0v) is 12.2. The molecule has 0 radical (unpaired) electrons. The molecule has 0 saturated carbocycles. The molecule has 0 aliphatic rings. The average molecular weight is 291 g/mol. The summed E-state index contributed by atoms with van der Waals surface area (Å²) in [6.07, 6.45) is 0. The molecule has 2 nitrogen and oxygen atoms in total. The van der Waals surface area contributed by atoms with Gasteiger partial charge in [0.25, 0.3) is 0 Å². The zero-order chi connectivity index (χ0) is 15.2. The van der Waals surface area contributed by atoms with E-state index in [4.69, 9.17) is 4.74 Å². The average Bonchev–Trinajstić information content (AvgIpc) is 2.45. The third-order valence-corrected chi connectivity index (χ3v) is 3.20. The van der Waals surface area contributed by atoms with Crippen LogP contribution in [0, 0.1) is 11.6 Å². The van der Waals surface area contributed by atoms with Gasteiger partial charge < -0.3 is 10.1 Å². The smallest absolute Gasteiger partial charge is 0.126 e. The van der Waals surface area contributed by atoms with Gasteiger partial charge in [-0.25, -0.2) is 8.78 Å². The van der Waals surface area contributed by atoms with Crippen LogP contribution in [0.25, 0.3) is 0 Å². The fourth-order valence-electron chi connectivity index (χ4n) is 2.16. The van der Waals surface area contributed by atoms with Crippen LogP contribution in [0.1, 0.15) is 31.0 Å². The summed E-state index contributed by atoms with van der Waals surface area (Å²) in [6.45, 7) is 5.14. The molecule has 1 unspecified atom stereocenters. The molecule has 0 aromatic heterocycles. The quantitative estimate of drug-likeness (QED) is 0.860. The van der Waals surface area contributed by atoms with Gasteiger partial charge in [-0.3, -0.25) is 0 Å². The highest BCUT2D eigenvalue weighted by molar-refractivity contribution is 5.30. The Kier molecular flexibility index (Phi) is 5.28. The van der Waals surface area contributed by atoms with Gasteiger partial charge in [-0.1, -0.05) is 19.1 Å². The maximum atomic E-state index is 13.1. The molecule has 112 valence electrons. The number of nitrogens with one attached hydrogen (secondary N) is 1. The molecular formula is C17H19F2NO. The number of halogens is 2. The highest BCUT2D eigenvalue weighted by Gasteiger charge is 2.06. The molecule has 1 atom stereocenters. The minimum Gasteiger partial charge on any atom is -0.489 e. The van der Waals surface area contributed by atoms with E-state index in [1.807, 2.05) is 24.3 Å². The van der Waals surface area contributed by atoms with Crippen molar-refractivity contribution >= 4 is 0 Å². The van der Waals surface area contributed by atoms with Gasteiger partial charge in [0.2, 0.25) is 0 Å². The van der Waals surface area contributed by atoms with Crippen LogP contribution < -0.4 is 10.1 Å². The van der Waals surface area contributed by atoms with Gasteiger partial charge in [-0.15, -0.1) is 0 Å². The lowest BCUT2D eigenvalue weighted by Gasteiger charge is -2.14.